The standard InChI is InChI=1S/C33H39ClF2N4O6/c1-3-19(2)16-26(30(43)39-25(17-21-14-15-37-29(21)42)27(41)31(44)38-24-12-13-24)40-32(45)46-28(20-8-5-4-6-9-20)33(35,36)22-10-7-11-23(34)18-22/h4-11,18-19,21,24-26,28H,3,12-17H2,1-2H3,(H,37,42)(H,38,44)(H,39,43)(H,40,45)/t19?,21-,25-,26-,28?/m0/s1. The van der Waals surface area contributed by atoms with E-state index in [-0.39, 0.29) is 41.3 Å². The zero-order chi connectivity index (χ0) is 33.4. The van der Waals surface area contributed by atoms with E-state index >= 15 is 8.78 Å². The Bertz CT molecular complexity index is 1420. The molecule has 0 aromatic heterocycles. The molecule has 13 heteroatoms. The van der Waals surface area contributed by atoms with Crippen molar-refractivity contribution in [3.8, 4) is 0 Å². The molecule has 4 N–H and O–H groups in total. The lowest BCUT2D eigenvalue weighted by atomic mass is 9.94. The Hall–Kier alpha value is -4.06. The van der Waals surface area contributed by atoms with Crippen molar-refractivity contribution in [2.24, 2.45) is 11.8 Å². The van der Waals surface area contributed by atoms with Gasteiger partial charge < -0.3 is 26.0 Å². The molecule has 0 radical (unpaired) electrons. The summed E-state index contributed by atoms with van der Waals surface area (Å²) in [7, 11) is 0. The number of carbonyl (C=O) groups is 5. The fourth-order valence-corrected chi connectivity index (χ4v) is 5.40. The van der Waals surface area contributed by atoms with E-state index < -0.39 is 59.3 Å². The van der Waals surface area contributed by atoms with Crippen LogP contribution in [0.15, 0.2) is 54.6 Å². The Morgan fingerprint density at radius 3 is 2.35 bits per heavy atom. The molecule has 0 bridgehead atoms. The molecule has 2 fully saturated rings. The van der Waals surface area contributed by atoms with Gasteiger partial charge in [-0.25, -0.2) is 4.79 Å². The van der Waals surface area contributed by atoms with Crippen molar-refractivity contribution in [2.45, 2.75) is 82.5 Å². The minimum atomic E-state index is -3.72. The first-order valence-electron chi connectivity index (χ1n) is 15.5. The van der Waals surface area contributed by atoms with Gasteiger partial charge in [-0.15, -0.1) is 0 Å². The SMILES string of the molecule is CCC(C)C[C@H](NC(=O)OC(c1ccccc1)C(F)(F)c1cccc(Cl)c1)C(=O)N[C@@H](C[C@@H]1CCNC1=O)C(=O)C(=O)NC1CC1. The maximum atomic E-state index is 15.9. The van der Waals surface area contributed by atoms with E-state index in [1.807, 2.05) is 13.8 Å². The number of ether oxygens (including phenoxy) is 1. The minimum Gasteiger partial charge on any atom is -0.434 e. The first-order chi connectivity index (χ1) is 21.9. The van der Waals surface area contributed by atoms with Crippen molar-refractivity contribution in [3.05, 3.63) is 70.7 Å². The van der Waals surface area contributed by atoms with Gasteiger partial charge in [0.1, 0.15) is 6.04 Å². The monoisotopic (exact) mass is 660 g/mol. The summed E-state index contributed by atoms with van der Waals surface area (Å²) in [5.74, 6) is -7.31. The number of halogens is 3. The van der Waals surface area contributed by atoms with Crippen molar-refractivity contribution in [3.63, 3.8) is 0 Å². The van der Waals surface area contributed by atoms with Crippen molar-refractivity contribution in [2.75, 3.05) is 6.54 Å². The lowest BCUT2D eigenvalue weighted by Crippen LogP contribution is -2.55. The highest BCUT2D eigenvalue weighted by molar-refractivity contribution is 6.38. The molecule has 1 aliphatic heterocycles. The second kappa shape index (κ2) is 15.5. The molecule has 1 saturated heterocycles. The van der Waals surface area contributed by atoms with Crippen LogP contribution < -0.4 is 21.3 Å². The van der Waals surface area contributed by atoms with Gasteiger partial charge in [-0.2, -0.15) is 8.78 Å². The van der Waals surface area contributed by atoms with Crippen LogP contribution in [0.4, 0.5) is 13.6 Å². The van der Waals surface area contributed by atoms with Crippen LogP contribution >= 0.6 is 11.6 Å². The molecule has 1 aliphatic carbocycles. The summed E-state index contributed by atoms with van der Waals surface area (Å²) in [5.41, 5.74) is -0.468. The van der Waals surface area contributed by atoms with Crippen LogP contribution in [0, 0.1) is 11.8 Å². The molecule has 248 valence electrons. The molecule has 4 rings (SSSR count). The highest BCUT2D eigenvalue weighted by Crippen LogP contribution is 2.43. The summed E-state index contributed by atoms with van der Waals surface area (Å²) in [6, 6.07) is 9.75. The van der Waals surface area contributed by atoms with E-state index in [4.69, 9.17) is 16.3 Å². The summed E-state index contributed by atoms with van der Waals surface area (Å²) in [5, 5.41) is 10.3. The Labute approximate surface area is 271 Å². The maximum Gasteiger partial charge on any atom is 0.408 e. The molecular weight excluding hydrogens is 622 g/mol. The number of ketones is 1. The first kappa shape index (κ1) is 34.8. The fourth-order valence-electron chi connectivity index (χ4n) is 5.21. The third-order valence-corrected chi connectivity index (χ3v) is 8.50. The Balaban J connectivity index is 1.55. The van der Waals surface area contributed by atoms with Crippen molar-refractivity contribution < 1.29 is 37.5 Å². The summed E-state index contributed by atoms with van der Waals surface area (Å²) >= 11 is 5.98. The third kappa shape index (κ3) is 9.24. The van der Waals surface area contributed by atoms with Crippen LogP contribution in [0.1, 0.15) is 69.6 Å². The van der Waals surface area contributed by atoms with E-state index in [1.165, 1.54) is 42.5 Å². The van der Waals surface area contributed by atoms with Gasteiger partial charge in [-0.05, 0) is 55.7 Å². The van der Waals surface area contributed by atoms with Gasteiger partial charge in [0.15, 0.2) is 6.10 Å². The van der Waals surface area contributed by atoms with Crippen molar-refractivity contribution in [1.82, 2.24) is 21.3 Å². The summed E-state index contributed by atoms with van der Waals surface area (Å²) in [6.45, 7) is 4.11. The molecule has 2 unspecified atom stereocenters. The number of hydrogen-bond acceptors (Lipinski definition) is 6. The molecule has 2 aromatic carbocycles. The van der Waals surface area contributed by atoms with Crippen LogP contribution in [0.25, 0.3) is 0 Å². The largest absolute Gasteiger partial charge is 0.434 e. The van der Waals surface area contributed by atoms with E-state index in [0.717, 1.165) is 18.9 Å². The molecule has 4 amide bonds. The molecule has 1 heterocycles. The van der Waals surface area contributed by atoms with Gasteiger partial charge in [0.05, 0.1) is 6.04 Å². The summed E-state index contributed by atoms with van der Waals surface area (Å²) in [6.07, 6.45) is -0.882. The van der Waals surface area contributed by atoms with E-state index in [0.29, 0.717) is 19.4 Å². The zero-order valence-electron chi connectivity index (χ0n) is 25.7. The van der Waals surface area contributed by atoms with Gasteiger partial charge >= 0.3 is 12.0 Å². The Kier molecular flexibility index (Phi) is 11.7. The molecule has 0 spiro atoms. The zero-order valence-corrected chi connectivity index (χ0v) is 26.4. The molecular formula is C33H39ClF2N4O6. The molecule has 2 aromatic rings. The van der Waals surface area contributed by atoms with Crippen LogP contribution in [-0.4, -0.2) is 54.3 Å². The lowest BCUT2D eigenvalue weighted by Gasteiger charge is -2.29. The molecule has 46 heavy (non-hydrogen) atoms. The number of carbonyl (C=O) groups excluding carboxylic acids is 5. The Morgan fingerprint density at radius 2 is 1.74 bits per heavy atom. The Morgan fingerprint density at radius 1 is 1.02 bits per heavy atom. The minimum absolute atomic E-state index is 0.00716. The number of nitrogens with one attached hydrogen (secondary N) is 4. The average molecular weight is 661 g/mol. The summed E-state index contributed by atoms with van der Waals surface area (Å²) in [4.78, 5) is 65.0. The molecule has 5 atom stereocenters. The van der Waals surface area contributed by atoms with Gasteiger partial charge in [0.2, 0.25) is 17.6 Å². The second-order valence-corrected chi connectivity index (χ2v) is 12.4. The number of hydrogen-bond donors (Lipinski definition) is 4. The quantitative estimate of drug-likeness (QED) is 0.206. The van der Waals surface area contributed by atoms with Crippen LogP contribution in [-0.2, 0) is 29.8 Å². The fraction of sp³-hybridized carbons (Fsp3) is 0.485. The number of alkyl halides is 2. The average Bonchev–Trinajstić information content (AvgIpc) is 3.76. The third-order valence-electron chi connectivity index (χ3n) is 8.26. The number of benzene rings is 2. The van der Waals surface area contributed by atoms with E-state index in [1.54, 1.807) is 6.07 Å². The van der Waals surface area contributed by atoms with Crippen LogP contribution in [0.3, 0.4) is 0 Å². The van der Waals surface area contributed by atoms with Gasteiger partial charge in [0, 0.05) is 29.1 Å². The van der Waals surface area contributed by atoms with Crippen molar-refractivity contribution in [1.29, 1.82) is 0 Å². The van der Waals surface area contributed by atoms with Gasteiger partial charge in [0.25, 0.3) is 5.91 Å². The second-order valence-electron chi connectivity index (χ2n) is 12.0. The topological polar surface area (TPSA) is 143 Å². The first-order valence-corrected chi connectivity index (χ1v) is 15.9. The van der Waals surface area contributed by atoms with Crippen molar-refractivity contribution >= 4 is 41.2 Å². The van der Waals surface area contributed by atoms with Crippen LogP contribution in [0.2, 0.25) is 5.02 Å². The highest BCUT2D eigenvalue weighted by Gasteiger charge is 2.46. The number of rotatable bonds is 15. The van der Waals surface area contributed by atoms with Gasteiger partial charge in [-0.1, -0.05) is 74.3 Å². The van der Waals surface area contributed by atoms with E-state index in [2.05, 4.69) is 21.3 Å². The number of amides is 4. The lowest BCUT2D eigenvalue weighted by molar-refractivity contribution is -0.141. The maximum absolute atomic E-state index is 15.9. The smallest absolute Gasteiger partial charge is 0.408 e. The number of alkyl carbamates (subject to hydrolysis) is 1. The number of Topliss-reactive ketones (excluding diaryl/α,β-unsaturated/α-hetero) is 1. The summed E-state index contributed by atoms with van der Waals surface area (Å²) < 4.78 is 37.2. The highest BCUT2D eigenvalue weighted by atomic mass is 35.5. The normalized spacial score (nSPS) is 18.8. The molecule has 2 aliphatic rings. The van der Waals surface area contributed by atoms with Gasteiger partial charge in [-0.3, -0.25) is 19.2 Å². The van der Waals surface area contributed by atoms with E-state index in [9.17, 15) is 24.0 Å². The predicted molar refractivity (Wildman–Crippen MR) is 166 cm³/mol. The molecule has 1 saturated carbocycles. The van der Waals surface area contributed by atoms with Crippen LogP contribution in [0.5, 0.6) is 0 Å². The molecule has 10 nitrogen and oxygen atoms in total. The predicted octanol–water partition coefficient (Wildman–Crippen LogP) is 4.56.